The SMILES string of the molecule is CC(=O)c1ccc(OC(=O)[C@H](C)Oc2ccc(C#N)cc2)cc1. The van der Waals surface area contributed by atoms with E-state index in [1.165, 1.54) is 6.92 Å². The summed E-state index contributed by atoms with van der Waals surface area (Å²) in [5.74, 6) is 0.209. The normalized spacial score (nSPS) is 11.2. The Morgan fingerprint density at radius 3 is 2.09 bits per heavy atom. The number of benzene rings is 2. The van der Waals surface area contributed by atoms with Gasteiger partial charge in [0.1, 0.15) is 11.5 Å². The molecule has 0 aliphatic carbocycles. The smallest absolute Gasteiger partial charge is 0.352 e. The largest absolute Gasteiger partial charge is 0.479 e. The van der Waals surface area contributed by atoms with Crippen molar-refractivity contribution in [1.82, 2.24) is 0 Å². The van der Waals surface area contributed by atoms with E-state index in [1.54, 1.807) is 55.5 Å². The number of Topliss-reactive ketones (excluding diaryl/α,β-unsaturated/α-hetero) is 1. The summed E-state index contributed by atoms with van der Waals surface area (Å²) in [6, 6.07) is 14.8. The topological polar surface area (TPSA) is 76.4 Å². The molecule has 2 aromatic rings. The Bertz CT molecular complexity index is 742. The van der Waals surface area contributed by atoms with E-state index >= 15 is 0 Å². The summed E-state index contributed by atoms with van der Waals surface area (Å²) in [7, 11) is 0. The Hall–Kier alpha value is -3.13. The average molecular weight is 309 g/mol. The van der Waals surface area contributed by atoms with Crippen molar-refractivity contribution >= 4 is 11.8 Å². The van der Waals surface area contributed by atoms with Gasteiger partial charge in [0.15, 0.2) is 11.9 Å². The van der Waals surface area contributed by atoms with Crippen LogP contribution in [0.25, 0.3) is 0 Å². The summed E-state index contributed by atoms with van der Waals surface area (Å²) in [5.41, 5.74) is 1.06. The summed E-state index contributed by atoms with van der Waals surface area (Å²) in [6.45, 7) is 3.04. The number of hydrogen-bond acceptors (Lipinski definition) is 5. The molecule has 5 nitrogen and oxygen atoms in total. The van der Waals surface area contributed by atoms with Crippen molar-refractivity contribution < 1.29 is 19.1 Å². The second kappa shape index (κ2) is 7.23. The molecule has 5 heteroatoms. The Kier molecular flexibility index (Phi) is 5.11. The highest BCUT2D eigenvalue weighted by Gasteiger charge is 2.17. The summed E-state index contributed by atoms with van der Waals surface area (Å²) >= 11 is 0. The Morgan fingerprint density at radius 1 is 1.00 bits per heavy atom. The lowest BCUT2D eigenvalue weighted by molar-refractivity contribution is -0.141. The van der Waals surface area contributed by atoms with E-state index in [4.69, 9.17) is 14.7 Å². The van der Waals surface area contributed by atoms with Crippen molar-refractivity contribution in [3.8, 4) is 17.6 Å². The van der Waals surface area contributed by atoms with E-state index in [2.05, 4.69) is 0 Å². The summed E-state index contributed by atoms with van der Waals surface area (Å²) < 4.78 is 10.7. The van der Waals surface area contributed by atoms with Gasteiger partial charge in [-0.25, -0.2) is 4.79 Å². The van der Waals surface area contributed by atoms with Gasteiger partial charge in [-0.2, -0.15) is 5.26 Å². The Labute approximate surface area is 134 Å². The molecule has 0 bridgehead atoms. The van der Waals surface area contributed by atoms with Crippen molar-refractivity contribution in [2.45, 2.75) is 20.0 Å². The highest BCUT2D eigenvalue weighted by Crippen LogP contribution is 2.16. The molecule has 1 atom stereocenters. The maximum Gasteiger partial charge on any atom is 0.352 e. The molecule has 0 unspecified atom stereocenters. The fraction of sp³-hybridized carbons (Fsp3) is 0.167. The summed E-state index contributed by atoms with van der Waals surface area (Å²) in [6.07, 6.45) is -0.810. The minimum Gasteiger partial charge on any atom is -0.479 e. The summed E-state index contributed by atoms with van der Waals surface area (Å²) in [5, 5.41) is 8.73. The van der Waals surface area contributed by atoms with Crippen molar-refractivity contribution in [2.24, 2.45) is 0 Å². The molecule has 2 rings (SSSR count). The van der Waals surface area contributed by atoms with Gasteiger partial charge in [-0.05, 0) is 62.4 Å². The van der Waals surface area contributed by atoms with Gasteiger partial charge >= 0.3 is 5.97 Å². The van der Waals surface area contributed by atoms with Crippen LogP contribution in [0, 0.1) is 11.3 Å². The molecule has 0 spiro atoms. The molecule has 0 aliphatic heterocycles. The van der Waals surface area contributed by atoms with Gasteiger partial charge < -0.3 is 9.47 Å². The quantitative estimate of drug-likeness (QED) is 0.482. The molecule has 0 aliphatic rings. The van der Waals surface area contributed by atoms with E-state index in [1.807, 2.05) is 6.07 Å². The van der Waals surface area contributed by atoms with E-state index in [0.717, 1.165) is 0 Å². The number of carbonyl (C=O) groups excluding carboxylic acids is 2. The average Bonchev–Trinajstić information content (AvgIpc) is 2.56. The molecule has 2 aromatic carbocycles. The van der Waals surface area contributed by atoms with Crippen LogP contribution >= 0.6 is 0 Å². The maximum atomic E-state index is 12.0. The molecule has 116 valence electrons. The zero-order valence-corrected chi connectivity index (χ0v) is 12.8. The summed E-state index contributed by atoms with van der Waals surface area (Å²) in [4.78, 5) is 23.2. The number of hydrogen-bond donors (Lipinski definition) is 0. The monoisotopic (exact) mass is 309 g/mol. The third kappa shape index (κ3) is 4.42. The van der Waals surface area contributed by atoms with Crippen LogP contribution in [0.1, 0.15) is 29.8 Å². The third-order valence-electron chi connectivity index (χ3n) is 3.11. The van der Waals surface area contributed by atoms with E-state index in [-0.39, 0.29) is 5.78 Å². The zero-order valence-electron chi connectivity index (χ0n) is 12.8. The Balaban J connectivity index is 1.96. The van der Waals surface area contributed by atoms with Crippen molar-refractivity contribution in [1.29, 1.82) is 5.26 Å². The van der Waals surface area contributed by atoms with E-state index in [0.29, 0.717) is 22.6 Å². The van der Waals surface area contributed by atoms with Gasteiger partial charge in [0.05, 0.1) is 11.6 Å². The predicted molar refractivity (Wildman–Crippen MR) is 83.3 cm³/mol. The molecule has 0 saturated heterocycles. The maximum absolute atomic E-state index is 12.0. The fourth-order valence-electron chi connectivity index (χ4n) is 1.82. The number of esters is 1. The van der Waals surface area contributed by atoms with Gasteiger partial charge in [0.25, 0.3) is 0 Å². The number of carbonyl (C=O) groups is 2. The standard InChI is InChI=1S/C18H15NO4/c1-12(20)15-5-9-17(10-6-15)23-18(21)13(2)22-16-7-3-14(11-19)4-8-16/h3-10,13H,1-2H3/t13-/m0/s1. The van der Waals surface area contributed by atoms with Crippen LogP contribution in [0.15, 0.2) is 48.5 Å². The lowest BCUT2D eigenvalue weighted by Crippen LogP contribution is -2.28. The van der Waals surface area contributed by atoms with Gasteiger partial charge in [-0.1, -0.05) is 0 Å². The second-order valence-corrected chi connectivity index (χ2v) is 4.90. The minimum atomic E-state index is -0.810. The van der Waals surface area contributed by atoms with E-state index in [9.17, 15) is 9.59 Å². The fourth-order valence-corrected chi connectivity index (χ4v) is 1.82. The highest BCUT2D eigenvalue weighted by molar-refractivity contribution is 5.94. The van der Waals surface area contributed by atoms with Crippen LogP contribution in [0.5, 0.6) is 11.5 Å². The predicted octanol–water partition coefficient (Wildman–Crippen LogP) is 3.13. The lowest BCUT2D eigenvalue weighted by Gasteiger charge is -2.14. The molecular formula is C18H15NO4. The van der Waals surface area contributed by atoms with Crippen molar-refractivity contribution in [2.75, 3.05) is 0 Å². The van der Waals surface area contributed by atoms with Crippen LogP contribution < -0.4 is 9.47 Å². The second-order valence-electron chi connectivity index (χ2n) is 4.90. The lowest BCUT2D eigenvalue weighted by atomic mass is 10.1. The molecule has 0 saturated carbocycles. The number of rotatable bonds is 5. The van der Waals surface area contributed by atoms with Gasteiger partial charge in [-0.3, -0.25) is 4.79 Å². The Morgan fingerprint density at radius 2 is 1.57 bits per heavy atom. The molecule has 0 aromatic heterocycles. The van der Waals surface area contributed by atoms with Crippen LogP contribution in [0.4, 0.5) is 0 Å². The number of nitriles is 1. The molecule has 0 amide bonds. The van der Waals surface area contributed by atoms with Crippen LogP contribution in [-0.4, -0.2) is 17.9 Å². The van der Waals surface area contributed by atoms with Gasteiger partial charge in [-0.15, -0.1) is 0 Å². The molecule has 0 heterocycles. The van der Waals surface area contributed by atoms with Crippen LogP contribution in [0.3, 0.4) is 0 Å². The molecule has 0 radical (unpaired) electrons. The number of ketones is 1. The van der Waals surface area contributed by atoms with Gasteiger partial charge in [0.2, 0.25) is 0 Å². The first-order valence-corrected chi connectivity index (χ1v) is 6.99. The first-order valence-electron chi connectivity index (χ1n) is 6.99. The van der Waals surface area contributed by atoms with Crippen LogP contribution in [-0.2, 0) is 4.79 Å². The molecule has 0 N–H and O–H groups in total. The minimum absolute atomic E-state index is 0.0552. The first-order chi connectivity index (χ1) is 11.0. The van der Waals surface area contributed by atoms with Crippen molar-refractivity contribution in [3.05, 3.63) is 59.7 Å². The molecular weight excluding hydrogens is 294 g/mol. The first kappa shape index (κ1) is 16.2. The number of ether oxygens (including phenoxy) is 2. The molecule has 0 fully saturated rings. The molecule has 23 heavy (non-hydrogen) atoms. The van der Waals surface area contributed by atoms with Crippen LogP contribution in [0.2, 0.25) is 0 Å². The van der Waals surface area contributed by atoms with Gasteiger partial charge in [0, 0.05) is 5.56 Å². The highest BCUT2D eigenvalue weighted by atomic mass is 16.6. The van der Waals surface area contributed by atoms with Crippen molar-refractivity contribution in [3.63, 3.8) is 0 Å². The third-order valence-corrected chi connectivity index (χ3v) is 3.11. The number of nitrogens with zero attached hydrogens (tertiary/aromatic N) is 1. The zero-order chi connectivity index (χ0) is 16.8. The van der Waals surface area contributed by atoms with E-state index < -0.39 is 12.1 Å².